The van der Waals surface area contributed by atoms with E-state index in [4.69, 9.17) is 9.16 Å². The minimum atomic E-state index is -1.42. The first-order valence-corrected chi connectivity index (χ1v) is 13.5. The van der Waals surface area contributed by atoms with E-state index in [-0.39, 0.29) is 34.4 Å². The van der Waals surface area contributed by atoms with Crippen LogP contribution >= 0.6 is 11.8 Å². The van der Waals surface area contributed by atoms with Gasteiger partial charge in [0, 0.05) is 11.5 Å². The number of nitrogens with zero attached hydrogens (tertiary/aromatic N) is 1. The maximum atomic E-state index is 13.3. The number of fused-ring (bicyclic) bond motifs is 1. The number of β-lactam (4-membered cyclic amide) rings is 1. The highest BCUT2D eigenvalue weighted by Crippen LogP contribution is 2.59. The molecule has 2 fully saturated rings. The molecule has 3 heterocycles. The number of carbonyl (C=O) groups is 2. The Morgan fingerprint density at radius 3 is 2.52 bits per heavy atom. The van der Waals surface area contributed by atoms with Crippen molar-refractivity contribution in [2.45, 2.75) is 77.1 Å². The van der Waals surface area contributed by atoms with Crippen LogP contribution in [0.1, 0.15) is 47.0 Å². The van der Waals surface area contributed by atoms with Crippen LogP contribution in [0, 0.1) is 11.3 Å². The first-order chi connectivity index (χ1) is 12.5. The van der Waals surface area contributed by atoms with Crippen molar-refractivity contribution in [3.05, 3.63) is 10.6 Å². The lowest BCUT2D eigenvalue weighted by Gasteiger charge is -2.57. The molecule has 152 valence electrons. The van der Waals surface area contributed by atoms with Crippen LogP contribution in [-0.4, -0.2) is 54.6 Å². The highest BCUT2D eigenvalue weighted by Gasteiger charge is 2.66. The van der Waals surface area contributed by atoms with Gasteiger partial charge in [-0.3, -0.25) is 9.69 Å². The van der Waals surface area contributed by atoms with Crippen molar-refractivity contribution in [2.75, 3.05) is 6.61 Å². The number of hydrogen-bond donors (Lipinski definition) is 1. The van der Waals surface area contributed by atoms with Crippen molar-refractivity contribution in [3.8, 4) is 0 Å². The minimum absolute atomic E-state index is 0.121. The van der Waals surface area contributed by atoms with Crippen molar-refractivity contribution in [1.82, 2.24) is 4.90 Å². The molecule has 0 spiro atoms. The summed E-state index contributed by atoms with van der Waals surface area (Å²) in [4.78, 5) is 27.4. The second kappa shape index (κ2) is 7.20. The zero-order valence-corrected chi connectivity index (χ0v) is 19.0. The first kappa shape index (κ1) is 20.9. The van der Waals surface area contributed by atoms with Crippen molar-refractivity contribution in [3.63, 3.8) is 0 Å². The van der Waals surface area contributed by atoms with Crippen molar-refractivity contribution in [1.29, 1.82) is 0 Å². The third-order valence-corrected chi connectivity index (χ3v) is 8.26. The van der Waals surface area contributed by atoms with Gasteiger partial charge in [-0.2, -0.15) is 0 Å². The van der Waals surface area contributed by atoms with E-state index < -0.39 is 20.6 Å². The van der Waals surface area contributed by atoms with E-state index in [9.17, 15) is 14.7 Å². The second-order valence-electron chi connectivity index (χ2n) is 8.87. The number of carboxylic acid groups (broad SMARTS) is 1. The maximum absolute atomic E-state index is 13.3. The molecule has 0 aromatic heterocycles. The molecule has 2 saturated heterocycles. The zero-order valence-electron chi connectivity index (χ0n) is 17.1. The Morgan fingerprint density at radius 2 is 2.07 bits per heavy atom. The van der Waals surface area contributed by atoms with E-state index in [1.54, 1.807) is 0 Å². The second-order valence-corrected chi connectivity index (χ2v) is 12.4. The molecule has 1 amide bonds. The Morgan fingerprint density at radius 1 is 1.41 bits per heavy atom. The lowest BCUT2D eigenvalue weighted by molar-refractivity contribution is -0.177. The zero-order chi connectivity index (χ0) is 20.1. The van der Waals surface area contributed by atoms with Gasteiger partial charge in [-0.05, 0) is 37.8 Å². The molecule has 0 radical (unpaired) electrons. The van der Waals surface area contributed by atoms with Gasteiger partial charge in [-0.1, -0.05) is 39.5 Å². The third-order valence-electron chi connectivity index (χ3n) is 5.93. The van der Waals surface area contributed by atoms with Crippen LogP contribution in [-0.2, 0) is 18.8 Å². The molecule has 0 unspecified atom stereocenters. The molecular formula is C19H31NO5SSi. The van der Waals surface area contributed by atoms with Crippen LogP contribution in [0.4, 0.5) is 0 Å². The average molecular weight is 414 g/mol. The van der Waals surface area contributed by atoms with Gasteiger partial charge < -0.3 is 14.3 Å². The maximum Gasteiger partial charge on any atom is 0.353 e. The van der Waals surface area contributed by atoms with Gasteiger partial charge in [-0.15, -0.1) is 0 Å². The number of carboxylic acids is 1. The fourth-order valence-electron chi connectivity index (χ4n) is 4.75. The predicted molar refractivity (Wildman–Crippen MR) is 108 cm³/mol. The molecule has 0 saturated carbocycles. The molecule has 6 nitrogen and oxygen atoms in total. The van der Waals surface area contributed by atoms with Crippen LogP contribution in [0.3, 0.4) is 0 Å². The van der Waals surface area contributed by atoms with E-state index in [0.29, 0.717) is 11.5 Å². The Hall–Kier alpha value is -0.833. The number of carbonyl (C=O) groups excluding carboxylic acids is 1. The normalized spacial score (nSPS) is 30.6. The summed E-state index contributed by atoms with van der Waals surface area (Å²) in [5.41, 5.74) is -0.699. The highest BCUT2D eigenvalue weighted by molar-refractivity contribution is 8.04. The lowest BCUT2D eigenvalue weighted by atomic mass is 9.64. The van der Waals surface area contributed by atoms with Crippen molar-refractivity contribution >= 4 is 32.7 Å². The summed E-state index contributed by atoms with van der Waals surface area (Å²) in [5.74, 6) is -1.50. The summed E-state index contributed by atoms with van der Waals surface area (Å²) < 4.78 is 12.3. The summed E-state index contributed by atoms with van der Waals surface area (Å²) in [5, 5.41) is 9.58. The molecule has 3 aliphatic heterocycles. The fourth-order valence-corrected chi connectivity index (χ4v) is 7.94. The van der Waals surface area contributed by atoms with Crippen LogP contribution < -0.4 is 0 Å². The lowest BCUT2D eigenvalue weighted by Crippen LogP contribution is -2.70. The van der Waals surface area contributed by atoms with Gasteiger partial charge in [0.15, 0.2) is 9.04 Å². The standard InChI is InChI=1S/C19H31NO5SSi/c1-7-19(18(2,3)4,25-27(5)6)12-15(21)20-13(17(22)23)14(26-16(12)20)11-9-8-10-24-11/h11-12,16,27H,7-10H2,1-6H3,(H,22,23)/t11-,12-,16+,19+/m1/s1. The van der Waals surface area contributed by atoms with E-state index in [1.807, 2.05) is 0 Å². The summed E-state index contributed by atoms with van der Waals surface area (Å²) in [6.45, 7) is 13.3. The van der Waals surface area contributed by atoms with Crippen molar-refractivity contribution < 1.29 is 23.9 Å². The van der Waals surface area contributed by atoms with Gasteiger partial charge in [-0.25, -0.2) is 4.79 Å². The molecule has 0 aromatic rings. The molecule has 0 bridgehead atoms. The third kappa shape index (κ3) is 3.18. The minimum Gasteiger partial charge on any atom is -0.477 e. The van der Waals surface area contributed by atoms with Gasteiger partial charge in [0.05, 0.1) is 17.6 Å². The number of aliphatic carboxylic acids is 1. The molecule has 0 aliphatic carbocycles. The molecule has 1 N–H and O–H groups in total. The average Bonchev–Trinajstić information content (AvgIpc) is 3.17. The quantitative estimate of drug-likeness (QED) is 0.532. The molecule has 3 rings (SSSR count). The summed E-state index contributed by atoms with van der Waals surface area (Å²) in [6.07, 6.45) is 2.26. The van der Waals surface area contributed by atoms with Crippen molar-refractivity contribution in [2.24, 2.45) is 11.3 Å². The SMILES string of the molecule is CC[C@](O[SiH](C)C)([C@@H]1C(=O)N2C(C(=O)O)=C([C@H]3CCCO3)S[C@@H]12)C(C)(C)C. The summed E-state index contributed by atoms with van der Waals surface area (Å²) in [6, 6.07) is 0. The molecular weight excluding hydrogens is 382 g/mol. The Balaban J connectivity index is 1.98. The predicted octanol–water partition coefficient (Wildman–Crippen LogP) is 3.19. The van der Waals surface area contributed by atoms with E-state index in [0.717, 1.165) is 19.3 Å². The van der Waals surface area contributed by atoms with Gasteiger partial charge >= 0.3 is 5.97 Å². The number of amides is 1. The Kier molecular flexibility index (Phi) is 5.57. The van der Waals surface area contributed by atoms with Gasteiger partial charge in [0.1, 0.15) is 11.1 Å². The van der Waals surface area contributed by atoms with Crippen LogP contribution in [0.2, 0.25) is 13.1 Å². The first-order valence-electron chi connectivity index (χ1n) is 9.81. The smallest absolute Gasteiger partial charge is 0.353 e. The summed E-state index contributed by atoms with van der Waals surface area (Å²) >= 11 is 1.51. The highest BCUT2D eigenvalue weighted by atomic mass is 32.2. The van der Waals surface area contributed by atoms with E-state index >= 15 is 0 Å². The molecule has 27 heavy (non-hydrogen) atoms. The van der Waals surface area contributed by atoms with Crippen LogP contribution in [0.15, 0.2) is 10.6 Å². The summed E-state index contributed by atoms with van der Waals surface area (Å²) in [7, 11) is -1.42. The Labute approximate surface area is 167 Å². The number of ether oxygens (including phenoxy) is 1. The van der Waals surface area contributed by atoms with E-state index in [2.05, 4.69) is 40.8 Å². The van der Waals surface area contributed by atoms with Gasteiger partial charge in [0.2, 0.25) is 5.91 Å². The van der Waals surface area contributed by atoms with Crippen LogP contribution in [0.25, 0.3) is 0 Å². The molecule has 0 aromatic carbocycles. The largest absolute Gasteiger partial charge is 0.477 e. The molecule has 3 aliphatic rings. The number of hydrogen-bond acceptors (Lipinski definition) is 5. The fraction of sp³-hybridized carbons (Fsp3) is 0.789. The molecule has 8 heteroatoms. The topological polar surface area (TPSA) is 76.1 Å². The number of rotatable bonds is 6. The molecule has 4 atom stereocenters. The van der Waals surface area contributed by atoms with Gasteiger partial charge in [0.25, 0.3) is 0 Å². The van der Waals surface area contributed by atoms with Crippen LogP contribution in [0.5, 0.6) is 0 Å². The van der Waals surface area contributed by atoms with E-state index in [1.165, 1.54) is 16.7 Å². The monoisotopic (exact) mass is 413 g/mol. The Bertz CT molecular complexity index is 668. The number of thioether (sulfide) groups is 1.